The third-order valence-corrected chi connectivity index (χ3v) is 5.50. The van der Waals surface area contributed by atoms with Crippen LogP contribution in [0.25, 0.3) is 0 Å². The summed E-state index contributed by atoms with van der Waals surface area (Å²) in [6, 6.07) is 0. The van der Waals surface area contributed by atoms with E-state index in [1.165, 1.54) is 0 Å². The molecule has 2 fully saturated rings. The first-order chi connectivity index (χ1) is 10.4. The predicted octanol–water partition coefficient (Wildman–Crippen LogP) is 3.20. The highest BCUT2D eigenvalue weighted by atomic mass is 16.4. The van der Waals surface area contributed by atoms with Gasteiger partial charge in [-0.3, -0.25) is 9.59 Å². The molecule has 0 amide bonds. The van der Waals surface area contributed by atoms with Gasteiger partial charge in [-0.2, -0.15) is 0 Å². The van der Waals surface area contributed by atoms with Crippen LogP contribution in [0.3, 0.4) is 0 Å². The smallest absolute Gasteiger partial charge is 0.309 e. The number of rotatable bonds is 12. The summed E-state index contributed by atoms with van der Waals surface area (Å²) < 4.78 is 0. The van der Waals surface area contributed by atoms with Gasteiger partial charge in [0.05, 0.1) is 16.9 Å². The lowest BCUT2D eigenvalue weighted by molar-refractivity contribution is -0.144. The van der Waals surface area contributed by atoms with Crippen LogP contribution in [-0.2, 0) is 9.59 Å². The second kappa shape index (κ2) is 6.99. The van der Waals surface area contributed by atoms with E-state index in [9.17, 15) is 14.7 Å². The molecule has 1 unspecified atom stereocenters. The van der Waals surface area contributed by atoms with Crippen LogP contribution in [0.4, 0.5) is 0 Å². The number of hydrogen-bond donors (Lipinski definition) is 3. The molecule has 0 aromatic carbocycles. The third kappa shape index (κ3) is 4.45. The summed E-state index contributed by atoms with van der Waals surface area (Å²) in [5.41, 5.74) is -0.900. The van der Waals surface area contributed by atoms with E-state index in [0.717, 1.165) is 64.2 Å². The van der Waals surface area contributed by atoms with Gasteiger partial charge >= 0.3 is 11.9 Å². The van der Waals surface area contributed by atoms with Crippen LogP contribution in [-0.4, -0.2) is 33.4 Å². The average molecular weight is 312 g/mol. The lowest BCUT2D eigenvalue weighted by atomic mass is 9.95. The molecule has 3 N–H and O–H groups in total. The monoisotopic (exact) mass is 312 g/mol. The summed E-state index contributed by atoms with van der Waals surface area (Å²) in [5, 5.41) is 28.1. The molecule has 2 aliphatic rings. The van der Waals surface area contributed by atoms with Crippen molar-refractivity contribution in [3.63, 3.8) is 0 Å². The maximum atomic E-state index is 11.0. The number of unbranched alkanes of at least 4 members (excludes halogenated alkanes) is 2. The SMILES string of the molecule is O=C(O)C1(CCCCCC(O)CCCC2(C(=O)O)CC2)CC1. The topological polar surface area (TPSA) is 94.8 Å². The number of carboxylic acids is 2. The lowest BCUT2D eigenvalue weighted by Gasteiger charge is -2.13. The molecular weight excluding hydrogens is 284 g/mol. The maximum Gasteiger partial charge on any atom is 0.309 e. The normalized spacial score (nSPS) is 22.0. The van der Waals surface area contributed by atoms with E-state index >= 15 is 0 Å². The van der Waals surface area contributed by atoms with Gasteiger partial charge in [-0.1, -0.05) is 19.3 Å². The van der Waals surface area contributed by atoms with Gasteiger partial charge < -0.3 is 15.3 Å². The standard InChI is InChI=1S/C17H28O5/c18-13(6-4-8-17(11-12-17)15(21)22)5-2-1-3-7-16(9-10-16)14(19)20/h13,18H,1-12H2,(H,19,20)(H,21,22). The van der Waals surface area contributed by atoms with E-state index in [-0.39, 0.29) is 6.10 Å². The van der Waals surface area contributed by atoms with Gasteiger partial charge in [-0.05, 0) is 57.8 Å². The summed E-state index contributed by atoms with van der Waals surface area (Å²) in [5.74, 6) is -1.34. The molecule has 0 spiro atoms. The van der Waals surface area contributed by atoms with Crippen molar-refractivity contribution in [2.24, 2.45) is 10.8 Å². The minimum atomic E-state index is -0.686. The van der Waals surface area contributed by atoms with E-state index in [1.807, 2.05) is 0 Å². The van der Waals surface area contributed by atoms with Crippen LogP contribution in [0.15, 0.2) is 0 Å². The molecule has 2 rings (SSSR count). The van der Waals surface area contributed by atoms with Crippen LogP contribution in [0.2, 0.25) is 0 Å². The molecule has 22 heavy (non-hydrogen) atoms. The zero-order valence-electron chi connectivity index (χ0n) is 13.2. The first-order valence-electron chi connectivity index (χ1n) is 8.55. The largest absolute Gasteiger partial charge is 0.481 e. The van der Waals surface area contributed by atoms with Gasteiger partial charge in [0.2, 0.25) is 0 Å². The summed E-state index contributed by atoms with van der Waals surface area (Å²) in [6.07, 6.45) is 9.27. The fraction of sp³-hybridized carbons (Fsp3) is 0.882. The van der Waals surface area contributed by atoms with Gasteiger partial charge in [0.1, 0.15) is 0 Å². The Morgan fingerprint density at radius 2 is 1.23 bits per heavy atom. The Kier molecular flexibility index (Phi) is 5.48. The highest BCUT2D eigenvalue weighted by molar-refractivity contribution is 5.78. The molecule has 2 aliphatic carbocycles. The number of carboxylic acid groups (broad SMARTS) is 2. The van der Waals surface area contributed by atoms with E-state index in [2.05, 4.69) is 0 Å². The van der Waals surface area contributed by atoms with Crippen molar-refractivity contribution in [1.82, 2.24) is 0 Å². The van der Waals surface area contributed by atoms with Crippen molar-refractivity contribution < 1.29 is 24.9 Å². The number of aliphatic hydroxyl groups excluding tert-OH is 1. The molecule has 1 atom stereocenters. The van der Waals surface area contributed by atoms with Crippen molar-refractivity contribution >= 4 is 11.9 Å². The summed E-state index contributed by atoms with van der Waals surface area (Å²) in [6.45, 7) is 0. The number of aliphatic hydroxyl groups is 1. The number of aliphatic carboxylic acids is 2. The molecular formula is C17H28O5. The fourth-order valence-corrected chi connectivity index (χ4v) is 3.28. The van der Waals surface area contributed by atoms with E-state index in [1.54, 1.807) is 0 Å². The molecule has 0 aromatic heterocycles. The molecule has 0 saturated heterocycles. The zero-order valence-corrected chi connectivity index (χ0v) is 13.2. The van der Waals surface area contributed by atoms with Crippen molar-refractivity contribution in [3.05, 3.63) is 0 Å². The second-order valence-electron chi connectivity index (χ2n) is 7.32. The van der Waals surface area contributed by atoms with Gasteiger partial charge in [-0.25, -0.2) is 0 Å². The zero-order chi connectivity index (χ0) is 16.2. The highest BCUT2D eigenvalue weighted by Crippen LogP contribution is 2.50. The molecule has 0 aromatic rings. The Bertz CT molecular complexity index is 409. The Morgan fingerprint density at radius 1 is 0.773 bits per heavy atom. The number of hydrogen-bond acceptors (Lipinski definition) is 3. The molecule has 2 saturated carbocycles. The van der Waals surface area contributed by atoms with Crippen LogP contribution in [0.5, 0.6) is 0 Å². The van der Waals surface area contributed by atoms with Crippen molar-refractivity contribution in [2.75, 3.05) is 0 Å². The molecule has 0 aliphatic heterocycles. The number of carbonyl (C=O) groups is 2. The van der Waals surface area contributed by atoms with Crippen LogP contribution in [0.1, 0.15) is 77.0 Å². The molecule has 126 valence electrons. The maximum absolute atomic E-state index is 11.0. The summed E-state index contributed by atoms with van der Waals surface area (Å²) in [4.78, 5) is 22.1. The molecule has 0 heterocycles. The fourth-order valence-electron chi connectivity index (χ4n) is 3.28. The lowest BCUT2D eigenvalue weighted by Crippen LogP contribution is -2.16. The van der Waals surface area contributed by atoms with Gasteiger partial charge in [0.25, 0.3) is 0 Å². The summed E-state index contributed by atoms with van der Waals surface area (Å²) in [7, 11) is 0. The molecule has 5 nitrogen and oxygen atoms in total. The second-order valence-corrected chi connectivity index (χ2v) is 7.32. The van der Waals surface area contributed by atoms with Crippen LogP contribution < -0.4 is 0 Å². The average Bonchev–Trinajstić information content (AvgIpc) is 3.33. The summed E-state index contributed by atoms with van der Waals surface area (Å²) >= 11 is 0. The Balaban J connectivity index is 1.47. The van der Waals surface area contributed by atoms with Gasteiger partial charge in [0.15, 0.2) is 0 Å². The molecule has 0 radical (unpaired) electrons. The minimum Gasteiger partial charge on any atom is -0.481 e. The predicted molar refractivity (Wildman–Crippen MR) is 81.5 cm³/mol. The highest BCUT2D eigenvalue weighted by Gasteiger charge is 2.49. The van der Waals surface area contributed by atoms with E-state index < -0.39 is 22.8 Å². The third-order valence-electron chi connectivity index (χ3n) is 5.50. The van der Waals surface area contributed by atoms with Crippen LogP contribution >= 0.6 is 0 Å². The van der Waals surface area contributed by atoms with Crippen LogP contribution in [0, 0.1) is 10.8 Å². The quantitative estimate of drug-likeness (QED) is 0.481. The van der Waals surface area contributed by atoms with Crippen molar-refractivity contribution in [2.45, 2.75) is 83.2 Å². The van der Waals surface area contributed by atoms with Gasteiger partial charge in [0, 0.05) is 0 Å². The Labute approximate surface area is 131 Å². The molecule has 0 bridgehead atoms. The first-order valence-corrected chi connectivity index (χ1v) is 8.55. The van der Waals surface area contributed by atoms with Gasteiger partial charge in [-0.15, -0.1) is 0 Å². The Morgan fingerprint density at radius 3 is 1.68 bits per heavy atom. The first kappa shape index (κ1) is 17.3. The van der Waals surface area contributed by atoms with E-state index in [0.29, 0.717) is 12.8 Å². The molecule has 5 heteroatoms. The minimum absolute atomic E-state index is 0.348. The van der Waals surface area contributed by atoms with Crippen molar-refractivity contribution in [1.29, 1.82) is 0 Å². The van der Waals surface area contributed by atoms with Crippen molar-refractivity contribution in [3.8, 4) is 0 Å². The van der Waals surface area contributed by atoms with E-state index in [4.69, 9.17) is 10.2 Å². The Hall–Kier alpha value is -1.10.